The highest BCUT2D eigenvalue weighted by molar-refractivity contribution is 7.09. The van der Waals surface area contributed by atoms with Crippen LogP contribution in [0.15, 0.2) is 48.1 Å². The van der Waals surface area contributed by atoms with E-state index < -0.39 is 0 Å². The summed E-state index contributed by atoms with van der Waals surface area (Å²) in [6.45, 7) is 2.96. The summed E-state index contributed by atoms with van der Waals surface area (Å²) in [5.74, 6) is 0.766. The van der Waals surface area contributed by atoms with Gasteiger partial charge in [-0.05, 0) is 36.2 Å². The van der Waals surface area contributed by atoms with Crippen LogP contribution >= 0.6 is 11.3 Å². The van der Waals surface area contributed by atoms with Gasteiger partial charge in [0, 0.05) is 23.3 Å². The molecule has 6 nitrogen and oxygen atoms in total. The SMILES string of the molecule is COc1ccc(-c2ccncc2C2COCC(=O)N2Cc2csc(C)n2)cc1. The van der Waals surface area contributed by atoms with E-state index in [1.165, 1.54) is 0 Å². The van der Waals surface area contributed by atoms with Crippen molar-refractivity contribution in [2.45, 2.75) is 19.5 Å². The van der Waals surface area contributed by atoms with E-state index in [2.05, 4.69) is 9.97 Å². The van der Waals surface area contributed by atoms with Gasteiger partial charge < -0.3 is 14.4 Å². The normalized spacial score (nSPS) is 17.0. The Labute approximate surface area is 167 Å². The highest BCUT2D eigenvalue weighted by atomic mass is 32.1. The molecule has 1 aliphatic rings. The van der Waals surface area contributed by atoms with Gasteiger partial charge in [0.2, 0.25) is 5.91 Å². The fraction of sp³-hybridized carbons (Fsp3) is 0.286. The predicted octanol–water partition coefficient (Wildman–Crippen LogP) is 3.62. The molecule has 0 saturated carbocycles. The number of thiazole rings is 1. The number of hydrogen-bond donors (Lipinski definition) is 0. The maximum Gasteiger partial charge on any atom is 0.249 e. The maximum absolute atomic E-state index is 12.7. The van der Waals surface area contributed by atoms with Crippen LogP contribution in [0.2, 0.25) is 0 Å². The van der Waals surface area contributed by atoms with Crippen molar-refractivity contribution in [2.75, 3.05) is 20.3 Å². The second kappa shape index (κ2) is 8.08. The quantitative estimate of drug-likeness (QED) is 0.660. The predicted molar refractivity (Wildman–Crippen MR) is 107 cm³/mol. The molecule has 0 N–H and O–H groups in total. The zero-order valence-electron chi connectivity index (χ0n) is 15.8. The third-order valence-corrected chi connectivity index (χ3v) is 5.63. The molecule has 1 aromatic carbocycles. The Morgan fingerprint density at radius 1 is 1.29 bits per heavy atom. The molecule has 1 aliphatic heterocycles. The summed E-state index contributed by atoms with van der Waals surface area (Å²) < 4.78 is 10.9. The van der Waals surface area contributed by atoms with E-state index in [4.69, 9.17) is 9.47 Å². The van der Waals surface area contributed by atoms with Crippen LogP contribution in [0, 0.1) is 6.92 Å². The van der Waals surface area contributed by atoms with Crippen LogP contribution in [0.4, 0.5) is 0 Å². The number of benzene rings is 1. The molecule has 1 amide bonds. The third kappa shape index (κ3) is 3.76. The first kappa shape index (κ1) is 18.6. The Balaban J connectivity index is 1.70. The number of aryl methyl sites for hydroxylation is 1. The smallest absolute Gasteiger partial charge is 0.249 e. The molecule has 2 aromatic heterocycles. The van der Waals surface area contributed by atoms with Gasteiger partial charge in [0.05, 0.1) is 37.0 Å². The number of ether oxygens (including phenoxy) is 2. The van der Waals surface area contributed by atoms with E-state index in [0.29, 0.717) is 13.2 Å². The van der Waals surface area contributed by atoms with Crippen molar-refractivity contribution >= 4 is 17.2 Å². The summed E-state index contributed by atoms with van der Waals surface area (Å²) in [5.41, 5.74) is 3.94. The summed E-state index contributed by atoms with van der Waals surface area (Å²) in [6, 6.07) is 9.64. The average Bonchev–Trinajstić information content (AvgIpc) is 3.14. The van der Waals surface area contributed by atoms with E-state index in [1.54, 1.807) is 24.6 Å². The summed E-state index contributed by atoms with van der Waals surface area (Å²) in [5, 5.41) is 3.00. The zero-order valence-corrected chi connectivity index (χ0v) is 16.6. The molecule has 144 valence electrons. The van der Waals surface area contributed by atoms with Crippen molar-refractivity contribution in [3.8, 4) is 16.9 Å². The number of aromatic nitrogens is 2. The highest BCUT2D eigenvalue weighted by Gasteiger charge is 2.32. The molecular weight excluding hydrogens is 374 g/mol. The highest BCUT2D eigenvalue weighted by Crippen LogP contribution is 2.34. The van der Waals surface area contributed by atoms with Gasteiger partial charge in [-0.2, -0.15) is 0 Å². The van der Waals surface area contributed by atoms with Gasteiger partial charge in [-0.25, -0.2) is 4.98 Å². The maximum atomic E-state index is 12.7. The molecule has 0 bridgehead atoms. The van der Waals surface area contributed by atoms with Crippen LogP contribution in [0.25, 0.3) is 11.1 Å². The average molecular weight is 395 g/mol. The summed E-state index contributed by atoms with van der Waals surface area (Å²) in [7, 11) is 1.65. The number of amides is 1. The van der Waals surface area contributed by atoms with E-state index in [9.17, 15) is 4.79 Å². The number of nitrogens with zero attached hydrogens (tertiary/aromatic N) is 3. The molecule has 3 heterocycles. The molecular formula is C21H21N3O3S. The topological polar surface area (TPSA) is 64.6 Å². The van der Waals surface area contributed by atoms with Crippen LogP contribution in [-0.2, 0) is 16.1 Å². The number of carbonyl (C=O) groups is 1. The molecule has 1 saturated heterocycles. The molecule has 28 heavy (non-hydrogen) atoms. The largest absolute Gasteiger partial charge is 0.497 e. The molecule has 1 unspecified atom stereocenters. The molecule has 0 aliphatic carbocycles. The fourth-order valence-corrected chi connectivity index (χ4v) is 4.03. The fourth-order valence-electron chi connectivity index (χ4n) is 3.42. The van der Waals surface area contributed by atoms with Crippen molar-refractivity contribution in [3.05, 3.63) is 64.4 Å². The minimum atomic E-state index is -0.214. The first-order chi connectivity index (χ1) is 13.7. The Hall–Kier alpha value is -2.77. The Kier molecular flexibility index (Phi) is 5.36. The van der Waals surface area contributed by atoms with Crippen LogP contribution in [0.3, 0.4) is 0 Å². The van der Waals surface area contributed by atoms with E-state index in [1.807, 2.05) is 53.7 Å². The lowest BCUT2D eigenvalue weighted by molar-refractivity contribution is -0.149. The minimum absolute atomic E-state index is 0.0357. The van der Waals surface area contributed by atoms with E-state index >= 15 is 0 Å². The molecule has 3 aromatic rings. The number of hydrogen-bond acceptors (Lipinski definition) is 6. The Bertz CT molecular complexity index is 971. The summed E-state index contributed by atoms with van der Waals surface area (Å²) in [6.07, 6.45) is 3.59. The van der Waals surface area contributed by atoms with Gasteiger partial charge in [0.15, 0.2) is 0 Å². The van der Waals surface area contributed by atoms with Crippen LogP contribution < -0.4 is 4.74 Å². The first-order valence-electron chi connectivity index (χ1n) is 9.02. The Morgan fingerprint density at radius 2 is 2.11 bits per heavy atom. The van der Waals surface area contributed by atoms with E-state index in [0.717, 1.165) is 33.1 Å². The van der Waals surface area contributed by atoms with Crippen LogP contribution in [0.1, 0.15) is 22.3 Å². The first-order valence-corrected chi connectivity index (χ1v) is 9.90. The van der Waals surface area contributed by atoms with Crippen molar-refractivity contribution in [3.63, 3.8) is 0 Å². The van der Waals surface area contributed by atoms with Gasteiger partial charge in [-0.3, -0.25) is 9.78 Å². The van der Waals surface area contributed by atoms with Crippen molar-refractivity contribution in [1.29, 1.82) is 0 Å². The van der Waals surface area contributed by atoms with E-state index in [-0.39, 0.29) is 18.6 Å². The molecule has 4 rings (SSSR count). The van der Waals surface area contributed by atoms with Gasteiger partial charge in [0.1, 0.15) is 12.4 Å². The van der Waals surface area contributed by atoms with Gasteiger partial charge in [0.25, 0.3) is 0 Å². The number of carbonyl (C=O) groups excluding carboxylic acids is 1. The molecule has 7 heteroatoms. The third-order valence-electron chi connectivity index (χ3n) is 4.81. The monoisotopic (exact) mass is 395 g/mol. The molecule has 0 radical (unpaired) electrons. The molecule has 1 atom stereocenters. The van der Waals surface area contributed by atoms with Crippen molar-refractivity contribution in [1.82, 2.24) is 14.9 Å². The lowest BCUT2D eigenvalue weighted by Gasteiger charge is -2.36. The summed E-state index contributed by atoms with van der Waals surface area (Å²) in [4.78, 5) is 23.3. The van der Waals surface area contributed by atoms with Crippen molar-refractivity contribution in [2.24, 2.45) is 0 Å². The number of pyridine rings is 1. The second-order valence-corrected chi connectivity index (χ2v) is 7.66. The molecule has 0 spiro atoms. The number of methoxy groups -OCH3 is 1. The second-order valence-electron chi connectivity index (χ2n) is 6.60. The number of morpholine rings is 1. The standard InChI is InChI=1S/C21H21N3O3S/c1-14-23-16(13-28-14)10-24-20(11-27-12-21(24)25)19-9-22-8-7-18(19)15-3-5-17(26-2)6-4-15/h3-9,13,20H,10-12H2,1-2H3. The van der Waals surface area contributed by atoms with Gasteiger partial charge >= 0.3 is 0 Å². The van der Waals surface area contributed by atoms with Crippen LogP contribution in [0.5, 0.6) is 5.75 Å². The van der Waals surface area contributed by atoms with Crippen LogP contribution in [-0.4, -0.2) is 41.1 Å². The summed E-state index contributed by atoms with van der Waals surface area (Å²) >= 11 is 1.59. The van der Waals surface area contributed by atoms with Gasteiger partial charge in [-0.15, -0.1) is 11.3 Å². The lowest BCUT2D eigenvalue weighted by Crippen LogP contribution is -2.43. The number of rotatable bonds is 5. The van der Waals surface area contributed by atoms with Gasteiger partial charge in [-0.1, -0.05) is 12.1 Å². The minimum Gasteiger partial charge on any atom is -0.497 e. The van der Waals surface area contributed by atoms with Crippen molar-refractivity contribution < 1.29 is 14.3 Å². The zero-order chi connectivity index (χ0) is 19.5. The Morgan fingerprint density at radius 3 is 2.82 bits per heavy atom. The lowest BCUT2D eigenvalue weighted by atomic mass is 9.95. The molecule has 1 fully saturated rings.